The first-order valence-corrected chi connectivity index (χ1v) is 12.3. The van der Waals surface area contributed by atoms with Gasteiger partial charge < -0.3 is 4.74 Å². The maximum Gasteiger partial charge on any atom is 0.246 e. The molecular weight excluding hydrogens is 428 g/mol. The summed E-state index contributed by atoms with van der Waals surface area (Å²) in [6.07, 6.45) is 3.43. The van der Waals surface area contributed by atoms with E-state index in [1.807, 2.05) is 30.3 Å². The van der Waals surface area contributed by atoms with Crippen molar-refractivity contribution < 1.29 is 22.7 Å². The molecule has 1 aliphatic heterocycles. The van der Waals surface area contributed by atoms with Gasteiger partial charge in [0.05, 0.1) is 25.5 Å². The van der Waals surface area contributed by atoms with E-state index in [2.05, 4.69) is 0 Å². The summed E-state index contributed by atoms with van der Waals surface area (Å²) in [5.74, 6) is -0.506. The molecule has 32 heavy (non-hydrogen) atoms. The van der Waals surface area contributed by atoms with Crippen molar-refractivity contribution in [2.45, 2.75) is 43.7 Å². The van der Waals surface area contributed by atoms with Gasteiger partial charge in [-0.3, -0.25) is 14.5 Å². The number of likely N-dealkylation sites (tertiary alicyclic amines) is 1. The number of carbonyl (C=O) groups excluding carboxylic acids is 2. The smallest absolute Gasteiger partial charge is 0.246 e. The average Bonchev–Trinajstić information content (AvgIpc) is 3.04. The van der Waals surface area contributed by atoms with Crippen LogP contribution in [0.25, 0.3) is 0 Å². The van der Waals surface area contributed by atoms with Gasteiger partial charge in [-0.25, -0.2) is 8.42 Å². The predicted octanol–water partition coefficient (Wildman–Crippen LogP) is 3.19. The third-order valence-electron chi connectivity index (χ3n) is 6.44. The fourth-order valence-corrected chi connectivity index (χ4v) is 6.04. The van der Waals surface area contributed by atoms with Crippen LogP contribution >= 0.6 is 0 Å². The van der Waals surface area contributed by atoms with Gasteiger partial charge >= 0.3 is 0 Å². The molecule has 2 amide bonds. The Balaban J connectivity index is 1.60. The maximum absolute atomic E-state index is 13.3. The van der Waals surface area contributed by atoms with Gasteiger partial charge in [0.25, 0.3) is 0 Å². The van der Waals surface area contributed by atoms with Crippen LogP contribution in [0.3, 0.4) is 0 Å². The highest BCUT2D eigenvalue weighted by Crippen LogP contribution is 2.39. The molecule has 170 valence electrons. The van der Waals surface area contributed by atoms with E-state index in [1.165, 1.54) is 29.4 Å². The highest BCUT2D eigenvalue weighted by atomic mass is 32.2. The molecule has 1 saturated carbocycles. The van der Waals surface area contributed by atoms with Crippen LogP contribution in [0.15, 0.2) is 53.4 Å². The summed E-state index contributed by atoms with van der Waals surface area (Å²) in [6.45, 7) is 0.280. The topological polar surface area (TPSA) is 84.0 Å². The molecule has 0 N–H and O–H groups in total. The van der Waals surface area contributed by atoms with Crippen LogP contribution in [0.2, 0.25) is 0 Å². The molecule has 2 aliphatic rings. The first kappa shape index (κ1) is 22.5. The number of nitrogens with zero attached hydrogens (tertiary/aromatic N) is 2. The van der Waals surface area contributed by atoms with Gasteiger partial charge in [0.1, 0.15) is 10.6 Å². The molecule has 0 radical (unpaired) electrons. The molecule has 1 saturated heterocycles. The molecule has 0 spiro atoms. The molecule has 2 fully saturated rings. The minimum atomic E-state index is -3.86. The molecule has 8 heteroatoms. The molecule has 1 aliphatic carbocycles. The number of benzene rings is 2. The zero-order valence-corrected chi connectivity index (χ0v) is 19.2. The Morgan fingerprint density at radius 2 is 1.59 bits per heavy atom. The average molecular weight is 457 g/mol. The minimum absolute atomic E-state index is 0.0208. The van der Waals surface area contributed by atoms with Crippen LogP contribution in [-0.4, -0.2) is 43.6 Å². The first-order valence-electron chi connectivity index (χ1n) is 10.9. The van der Waals surface area contributed by atoms with Crippen molar-refractivity contribution in [1.29, 1.82) is 0 Å². The lowest BCUT2D eigenvalue weighted by Crippen LogP contribution is -2.31. The van der Waals surface area contributed by atoms with Crippen molar-refractivity contribution in [2.24, 2.45) is 11.8 Å². The zero-order chi connectivity index (χ0) is 22.9. The SMILES string of the molecule is COc1ccc(CN2C(=O)C3CCCCC3C2=O)cc1S(=O)(=O)N(C)Cc1ccccc1. The summed E-state index contributed by atoms with van der Waals surface area (Å²) in [5.41, 5.74) is 1.45. The Hall–Kier alpha value is -2.71. The second-order valence-electron chi connectivity index (χ2n) is 8.49. The third-order valence-corrected chi connectivity index (χ3v) is 8.26. The molecule has 0 bridgehead atoms. The molecule has 0 aromatic heterocycles. The van der Waals surface area contributed by atoms with Gasteiger partial charge in [0.2, 0.25) is 21.8 Å². The van der Waals surface area contributed by atoms with Crippen LogP contribution in [0, 0.1) is 11.8 Å². The number of hydrogen-bond acceptors (Lipinski definition) is 5. The highest BCUT2D eigenvalue weighted by molar-refractivity contribution is 7.89. The van der Waals surface area contributed by atoms with Crippen molar-refractivity contribution in [1.82, 2.24) is 9.21 Å². The van der Waals surface area contributed by atoms with Crippen molar-refractivity contribution in [2.75, 3.05) is 14.2 Å². The Bertz CT molecular complexity index is 1090. The number of amides is 2. The van der Waals surface area contributed by atoms with Crippen LogP contribution in [-0.2, 0) is 32.7 Å². The second kappa shape index (κ2) is 9.03. The summed E-state index contributed by atoms with van der Waals surface area (Å²) < 4.78 is 33.3. The van der Waals surface area contributed by atoms with Crippen molar-refractivity contribution in [3.8, 4) is 5.75 Å². The minimum Gasteiger partial charge on any atom is -0.495 e. The van der Waals surface area contributed by atoms with Crippen molar-refractivity contribution >= 4 is 21.8 Å². The molecule has 2 unspecified atom stereocenters. The van der Waals surface area contributed by atoms with E-state index in [-0.39, 0.29) is 47.4 Å². The number of fused-ring (bicyclic) bond motifs is 1. The summed E-state index contributed by atoms with van der Waals surface area (Å²) in [6, 6.07) is 14.1. The van der Waals surface area contributed by atoms with E-state index < -0.39 is 10.0 Å². The van der Waals surface area contributed by atoms with E-state index in [0.29, 0.717) is 5.56 Å². The van der Waals surface area contributed by atoms with E-state index in [1.54, 1.807) is 12.1 Å². The van der Waals surface area contributed by atoms with Gasteiger partial charge in [0, 0.05) is 13.6 Å². The highest BCUT2D eigenvalue weighted by Gasteiger charge is 2.48. The van der Waals surface area contributed by atoms with Crippen molar-refractivity contribution in [3.63, 3.8) is 0 Å². The third kappa shape index (κ3) is 4.17. The van der Waals surface area contributed by atoms with E-state index in [0.717, 1.165) is 31.2 Å². The Labute approximate surface area is 189 Å². The quantitative estimate of drug-likeness (QED) is 0.598. The van der Waals surface area contributed by atoms with Gasteiger partial charge in [-0.1, -0.05) is 49.2 Å². The Morgan fingerprint density at radius 3 is 2.19 bits per heavy atom. The number of ether oxygens (including phenoxy) is 1. The van der Waals surface area contributed by atoms with Crippen molar-refractivity contribution in [3.05, 3.63) is 59.7 Å². The van der Waals surface area contributed by atoms with Gasteiger partial charge in [-0.2, -0.15) is 4.31 Å². The molecule has 1 heterocycles. The van der Waals surface area contributed by atoms with E-state index >= 15 is 0 Å². The molecule has 2 atom stereocenters. The lowest BCUT2D eigenvalue weighted by molar-refractivity contribution is -0.140. The lowest BCUT2D eigenvalue weighted by atomic mass is 9.81. The maximum atomic E-state index is 13.3. The normalized spacial score (nSPS) is 21.2. The number of sulfonamides is 1. The van der Waals surface area contributed by atoms with E-state index in [9.17, 15) is 18.0 Å². The number of imide groups is 1. The van der Waals surface area contributed by atoms with Crippen LogP contribution in [0.1, 0.15) is 36.8 Å². The standard InChI is InChI=1S/C24H28N2O5S/c1-25(15-17-8-4-3-5-9-17)32(29,30)22-14-18(12-13-21(22)31-2)16-26-23(27)19-10-6-7-11-20(19)24(26)28/h3-5,8-9,12-14,19-20H,6-7,10-11,15-16H2,1-2H3. The fraction of sp³-hybridized carbons (Fsp3) is 0.417. The number of methoxy groups -OCH3 is 1. The number of rotatable bonds is 7. The molecule has 2 aromatic rings. The molecule has 2 aromatic carbocycles. The van der Waals surface area contributed by atoms with Crippen LogP contribution in [0.4, 0.5) is 0 Å². The van der Waals surface area contributed by atoms with E-state index in [4.69, 9.17) is 4.74 Å². The molecule has 7 nitrogen and oxygen atoms in total. The van der Waals surface area contributed by atoms with Gasteiger partial charge in [-0.15, -0.1) is 0 Å². The van der Waals surface area contributed by atoms with Crippen LogP contribution in [0.5, 0.6) is 5.75 Å². The fourth-order valence-electron chi connectivity index (χ4n) is 4.68. The van der Waals surface area contributed by atoms with Gasteiger partial charge in [-0.05, 0) is 36.1 Å². The number of carbonyl (C=O) groups is 2. The Kier molecular flexibility index (Phi) is 6.35. The van der Waals surface area contributed by atoms with Gasteiger partial charge in [0.15, 0.2) is 0 Å². The number of hydrogen-bond donors (Lipinski definition) is 0. The monoisotopic (exact) mass is 456 g/mol. The Morgan fingerprint density at radius 1 is 0.969 bits per heavy atom. The summed E-state index contributed by atoms with van der Waals surface area (Å²) in [5, 5.41) is 0. The zero-order valence-electron chi connectivity index (χ0n) is 18.4. The summed E-state index contributed by atoms with van der Waals surface area (Å²) >= 11 is 0. The molecular formula is C24H28N2O5S. The predicted molar refractivity (Wildman–Crippen MR) is 119 cm³/mol. The first-order chi connectivity index (χ1) is 15.3. The molecule has 4 rings (SSSR count). The summed E-state index contributed by atoms with van der Waals surface area (Å²) in [4.78, 5) is 27.0. The second-order valence-corrected chi connectivity index (χ2v) is 10.5. The van der Waals surface area contributed by atoms with Crippen LogP contribution < -0.4 is 4.74 Å². The largest absolute Gasteiger partial charge is 0.495 e. The summed E-state index contributed by atoms with van der Waals surface area (Å²) in [7, 11) is -0.923. The lowest BCUT2D eigenvalue weighted by Gasteiger charge is -2.21.